The molecule has 0 aliphatic rings. The van der Waals surface area contributed by atoms with Gasteiger partial charge in [-0.25, -0.2) is 5.84 Å². The first-order valence-electron chi connectivity index (χ1n) is 6.66. The van der Waals surface area contributed by atoms with Crippen molar-refractivity contribution in [1.82, 2.24) is 15.3 Å². The zero-order valence-electron chi connectivity index (χ0n) is 11.7. The molecule has 1 rings (SSSR count). The average Bonchev–Trinajstić information content (AvgIpc) is 2.49. The first-order valence-corrected chi connectivity index (χ1v) is 6.66. The Morgan fingerprint density at radius 1 is 1.65 bits per heavy atom. The number of hydrogen-bond donors (Lipinski definition) is 2. The maximum atomic E-state index is 11.2. The van der Waals surface area contributed by atoms with Crippen LogP contribution in [0.25, 0.3) is 0 Å². The van der Waals surface area contributed by atoms with E-state index in [1.54, 1.807) is 6.20 Å². The summed E-state index contributed by atoms with van der Waals surface area (Å²) in [5, 5.41) is 8.75. The van der Waals surface area contributed by atoms with Gasteiger partial charge in [-0.2, -0.15) is 5.26 Å². The third-order valence-electron chi connectivity index (χ3n) is 3.19. The van der Waals surface area contributed by atoms with Crippen molar-refractivity contribution in [3.05, 3.63) is 30.1 Å². The van der Waals surface area contributed by atoms with Gasteiger partial charge in [-0.15, -0.1) is 0 Å². The lowest BCUT2D eigenvalue weighted by Crippen LogP contribution is -2.36. The second-order valence-electron chi connectivity index (χ2n) is 4.70. The van der Waals surface area contributed by atoms with Crippen LogP contribution in [0.4, 0.5) is 0 Å². The number of nitrogens with zero attached hydrogens (tertiary/aromatic N) is 3. The second-order valence-corrected chi connectivity index (χ2v) is 4.70. The van der Waals surface area contributed by atoms with Gasteiger partial charge in [0.1, 0.15) is 0 Å². The Hall–Kier alpha value is -1.97. The Bertz CT molecular complexity index is 443. The van der Waals surface area contributed by atoms with Crippen LogP contribution in [0.15, 0.2) is 24.5 Å². The first kappa shape index (κ1) is 16.1. The van der Waals surface area contributed by atoms with Crippen LogP contribution in [0.1, 0.15) is 31.7 Å². The number of rotatable bonds is 8. The maximum absolute atomic E-state index is 11.2. The molecule has 0 radical (unpaired) electrons. The minimum Gasteiger partial charge on any atom is -0.295 e. The van der Waals surface area contributed by atoms with Crippen LogP contribution in [0.3, 0.4) is 0 Å². The van der Waals surface area contributed by atoms with Gasteiger partial charge in [0.2, 0.25) is 5.91 Å². The summed E-state index contributed by atoms with van der Waals surface area (Å²) in [7, 11) is 0. The second kappa shape index (κ2) is 9.02. The van der Waals surface area contributed by atoms with E-state index in [0.717, 1.165) is 12.1 Å². The fourth-order valence-electron chi connectivity index (χ4n) is 1.97. The molecule has 0 saturated heterocycles. The standard InChI is InChI=1S/C14H21N5O/c1-12(5-6-14(20)18-16)19(9-3-7-15)11-13-4-2-8-17-10-13/h2,4,8,10,12H,3,5-6,9,11,16H2,1H3,(H,18,20). The molecule has 1 heterocycles. The number of carbonyl (C=O) groups excluding carboxylic acids is 1. The summed E-state index contributed by atoms with van der Waals surface area (Å²) in [6, 6.07) is 6.25. The molecular formula is C14H21N5O. The zero-order chi connectivity index (χ0) is 14.8. The summed E-state index contributed by atoms with van der Waals surface area (Å²) < 4.78 is 0. The maximum Gasteiger partial charge on any atom is 0.233 e. The van der Waals surface area contributed by atoms with E-state index in [9.17, 15) is 4.79 Å². The van der Waals surface area contributed by atoms with E-state index in [-0.39, 0.29) is 11.9 Å². The largest absolute Gasteiger partial charge is 0.295 e. The van der Waals surface area contributed by atoms with E-state index in [1.165, 1.54) is 0 Å². The minimum absolute atomic E-state index is 0.168. The Morgan fingerprint density at radius 2 is 2.45 bits per heavy atom. The highest BCUT2D eigenvalue weighted by molar-refractivity contribution is 5.75. The lowest BCUT2D eigenvalue weighted by molar-refractivity contribution is -0.121. The molecule has 6 nitrogen and oxygen atoms in total. The van der Waals surface area contributed by atoms with E-state index in [0.29, 0.717) is 25.8 Å². The zero-order valence-corrected chi connectivity index (χ0v) is 11.7. The van der Waals surface area contributed by atoms with Crippen LogP contribution < -0.4 is 11.3 Å². The molecule has 0 aromatic carbocycles. The summed E-state index contributed by atoms with van der Waals surface area (Å²) in [4.78, 5) is 17.5. The van der Waals surface area contributed by atoms with E-state index in [1.807, 2.05) is 18.3 Å². The predicted molar refractivity (Wildman–Crippen MR) is 75.9 cm³/mol. The summed E-state index contributed by atoms with van der Waals surface area (Å²) in [6.07, 6.45) is 5.10. The average molecular weight is 275 g/mol. The van der Waals surface area contributed by atoms with Crippen molar-refractivity contribution in [2.45, 2.75) is 38.8 Å². The molecule has 0 spiro atoms. The molecule has 0 fully saturated rings. The molecule has 1 unspecified atom stereocenters. The van der Waals surface area contributed by atoms with Crippen LogP contribution in [0.5, 0.6) is 0 Å². The third kappa shape index (κ3) is 5.78. The summed E-state index contributed by atoms with van der Waals surface area (Å²) >= 11 is 0. The van der Waals surface area contributed by atoms with Crippen LogP contribution >= 0.6 is 0 Å². The van der Waals surface area contributed by atoms with Crippen molar-refractivity contribution in [3.8, 4) is 6.07 Å². The fourth-order valence-corrected chi connectivity index (χ4v) is 1.97. The Morgan fingerprint density at radius 3 is 3.05 bits per heavy atom. The van der Waals surface area contributed by atoms with Gasteiger partial charge in [0.25, 0.3) is 0 Å². The number of pyridine rings is 1. The quantitative estimate of drug-likeness (QED) is 0.418. The van der Waals surface area contributed by atoms with Gasteiger partial charge in [0, 0.05) is 44.4 Å². The van der Waals surface area contributed by atoms with Crippen molar-refractivity contribution in [2.75, 3.05) is 6.54 Å². The highest BCUT2D eigenvalue weighted by atomic mass is 16.2. The molecule has 0 bridgehead atoms. The van der Waals surface area contributed by atoms with Crippen LogP contribution in [0, 0.1) is 11.3 Å². The summed E-state index contributed by atoms with van der Waals surface area (Å²) in [6.45, 7) is 3.45. The normalized spacial score (nSPS) is 11.9. The predicted octanol–water partition coefficient (Wildman–Crippen LogP) is 0.956. The van der Waals surface area contributed by atoms with Crippen LogP contribution in [-0.4, -0.2) is 28.4 Å². The number of nitriles is 1. The third-order valence-corrected chi connectivity index (χ3v) is 3.19. The molecule has 0 aliphatic heterocycles. The topological polar surface area (TPSA) is 95.0 Å². The lowest BCUT2D eigenvalue weighted by Gasteiger charge is -2.28. The molecule has 6 heteroatoms. The van der Waals surface area contributed by atoms with Crippen LogP contribution in [-0.2, 0) is 11.3 Å². The van der Waals surface area contributed by atoms with Crippen molar-refractivity contribution >= 4 is 5.91 Å². The van der Waals surface area contributed by atoms with Gasteiger partial charge in [-0.1, -0.05) is 6.07 Å². The van der Waals surface area contributed by atoms with Crippen molar-refractivity contribution in [3.63, 3.8) is 0 Å². The minimum atomic E-state index is -0.168. The van der Waals surface area contributed by atoms with E-state index in [2.05, 4.69) is 28.3 Å². The highest BCUT2D eigenvalue weighted by Gasteiger charge is 2.15. The van der Waals surface area contributed by atoms with Gasteiger partial charge in [0.05, 0.1) is 6.07 Å². The Kier molecular flexibility index (Phi) is 7.25. The van der Waals surface area contributed by atoms with Crippen molar-refractivity contribution < 1.29 is 4.79 Å². The van der Waals surface area contributed by atoms with Crippen molar-refractivity contribution in [1.29, 1.82) is 5.26 Å². The number of amides is 1. The summed E-state index contributed by atoms with van der Waals surface area (Å²) in [5.41, 5.74) is 3.23. The molecule has 3 N–H and O–H groups in total. The molecule has 20 heavy (non-hydrogen) atoms. The molecule has 0 saturated carbocycles. The number of hydrazine groups is 1. The number of nitrogens with one attached hydrogen (secondary N) is 1. The van der Waals surface area contributed by atoms with E-state index < -0.39 is 0 Å². The van der Waals surface area contributed by atoms with Gasteiger partial charge >= 0.3 is 0 Å². The molecule has 1 aromatic rings. The van der Waals surface area contributed by atoms with E-state index >= 15 is 0 Å². The van der Waals surface area contributed by atoms with Gasteiger partial charge in [-0.05, 0) is 25.0 Å². The molecule has 1 aromatic heterocycles. The highest BCUT2D eigenvalue weighted by Crippen LogP contribution is 2.12. The van der Waals surface area contributed by atoms with Gasteiger partial charge in [0.15, 0.2) is 0 Å². The van der Waals surface area contributed by atoms with E-state index in [4.69, 9.17) is 11.1 Å². The molecule has 1 amide bonds. The monoisotopic (exact) mass is 275 g/mol. The first-order chi connectivity index (χ1) is 9.67. The number of aromatic nitrogens is 1. The number of nitrogens with two attached hydrogens (primary N) is 1. The Labute approximate surface area is 119 Å². The molecule has 0 aliphatic carbocycles. The fraction of sp³-hybridized carbons (Fsp3) is 0.500. The lowest BCUT2D eigenvalue weighted by atomic mass is 10.1. The van der Waals surface area contributed by atoms with Gasteiger partial charge in [-0.3, -0.25) is 20.1 Å². The summed E-state index contributed by atoms with van der Waals surface area (Å²) in [5.74, 6) is 4.91. The van der Waals surface area contributed by atoms with Crippen molar-refractivity contribution in [2.24, 2.45) is 5.84 Å². The number of carbonyl (C=O) groups is 1. The molecular weight excluding hydrogens is 254 g/mol. The molecule has 1 atom stereocenters. The number of hydrogen-bond acceptors (Lipinski definition) is 5. The SMILES string of the molecule is CC(CCC(=O)NN)N(CCC#N)Cc1cccnc1. The smallest absolute Gasteiger partial charge is 0.233 e. The Balaban J connectivity index is 2.58. The molecule has 108 valence electrons. The van der Waals surface area contributed by atoms with Crippen LogP contribution in [0.2, 0.25) is 0 Å². The van der Waals surface area contributed by atoms with Gasteiger partial charge < -0.3 is 0 Å².